The molecule has 1 heterocycles. The van der Waals surface area contributed by atoms with Gasteiger partial charge in [0.1, 0.15) is 0 Å². The van der Waals surface area contributed by atoms with E-state index < -0.39 is 5.60 Å². The van der Waals surface area contributed by atoms with Crippen LogP contribution in [0.4, 0.5) is 0 Å². The number of fused-ring (bicyclic) bond motifs is 1. The van der Waals surface area contributed by atoms with E-state index in [1.165, 1.54) is 0 Å². The third-order valence-electron chi connectivity index (χ3n) is 6.07. The summed E-state index contributed by atoms with van der Waals surface area (Å²) in [7, 11) is 3.25. The van der Waals surface area contributed by atoms with Crippen LogP contribution in [0.5, 0.6) is 11.5 Å². The van der Waals surface area contributed by atoms with Crippen LogP contribution in [-0.2, 0) is 4.79 Å². The van der Waals surface area contributed by atoms with Gasteiger partial charge < -0.3 is 20.3 Å². The maximum atomic E-state index is 11.3. The van der Waals surface area contributed by atoms with Gasteiger partial charge in [0.15, 0.2) is 11.5 Å². The van der Waals surface area contributed by atoms with E-state index in [2.05, 4.69) is 4.90 Å². The van der Waals surface area contributed by atoms with E-state index in [0.717, 1.165) is 44.2 Å². The molecular weight excluding hydrogens is 332 g/mol. The molecule has 0 aromatic heterocycles. The molecule has 1 saturated carbocycles. The minimum absolute atomic E-state index is 0.0493. The van der Waals surface area contributed by atoms with Crippen molar-refractivity contribution in [3.8, 4) is 11.5 Å². The number of amides is 1. The van der Waals surface area contributed by atoms with Gasteiger partial charge in [-0.05, 0) is 37.0 Å². The number of piperidine rings is 1. The number of primary amides is 1. The van der Waals surface area contributed by atoms with Gasteiger partial charge in [-0.3, -0.25) is 9.69 Å². The zero-order valence-electron chi connectivity index (χ0n) is 15.7. The van der Waals surface area contributed by atoms with Crippen molar-refractivity contribution in [3.63, 3.8) is 0 Å². The van der Waals surface area contributed by atoms with Gasteiger partial charge in [0, 0.05) is 31.5 Å². The van der Waals surface area contributed by atoms with Crippen LogP contribution in [0.25, 0.3) is 0 Å². The van der Waals surface area contributed by atoms with E-state index in [1.807, 2.05) is 18.2 Å². The lowest BCUT2D eigenvalue weighted by Crippen LogP contribution is -2.55. The van der Waals surface area contributed by atoms with E-state index >= 15 is 0 Å². The predicted molar refractivity (Wildman–Crippen MR) is 99.2 cm³/mol. The van der Waals surface area contributed by atoms with E-state index in [9.17, 15) is 9.90 Å². The van der Waals surface area contributed by atoms with E-state index in [4.69, 9.17) is 15.2 Å². The topological polar surface area (TPSA) is 85.0 Å². The highest BCUT2D eigenvalue weighted by Gasteiger charge is 2.48. The van der Waals surface area contributed by atoms with Crippen LogP contribution in [0.1, 0.15) is 50.1 Å². The molecular formula is C20H30N2O4. The van der Waals surface area contributed by atoms with Crippen molar-refractivity contribution in [1.29, 1.82) is 0 Å². The number of benzene rings is 1. The molecule has 0 bridgehead atoms. The standard InChI is InChI=1S/C20H30N2O4/c1-25-16-7-6-14(13-17(16)26-2)19-15-5-3-4-9-20(15,24)10-12-22(19)11-8-18(21)23/h6-7,13,15,19,24H,3-5,8-12H2,1-2H3,(H2,21,23)/t15-,19+,20+/m0/s1. The highest BCUT2D eigenvalue weighted by Crippen LogP contribution is 2.50. The summed E-state index contributed by atoms with van der Waals surface area (Å²) < 4.78 is 10.8. The number of carbonyl (C=O) groups excluding carboxylic acids is 1. The lowest BCUT2D eigenvalue weighted by atomic mass is 9.66. The number of methoxy groups -OCH3 is 2. The van der Waals surface area contributed by atoms with Crippen LogP contribution in [0.15, 0.2) is 18.2 Å². The molecule has 6 nitrogen and oxygen atoms in total. The third-order valence-corrected chi connectivity index (χ3v) is 6.07. The molecule has 1 aliphatic carbocycles. The summed E-state index contributed by atoms with van der Waals surface area (Å²) in [5, 5.41) is 11.3. The largest absolute Gasteiger partial charge is 0.493 e. The van der Waals surface area contributed by atoms with Crippen LogP contribution in [0.3, 0.4) is 0 Å². The molecule has 3 N–H and O–H groups in total. The average Bonchev–Trinajstić information content (AvgIpc) is 2.65. The SMILES string of the molecule is COc1ccc([C@@H]2[C@@H]3CCCC[C@@]3(O)CCN2CCC(N)=O)cc1OC. The second-order valence-electron chi connectivity index (χ2n) is 7.52. The van der Waals surface area contributed by atoms with Gasteiger partial charge in [-0.2, -0.15) is 0 Å². The second kappa shape index (κ2) is 7.84. The minimum Gasteiger partial charge on any atom is -0.493 e. The van der Waals surface area contributed by atoms with Crippen molar-refractivity contribution in [3.05, 3.63) is 23.8 Å². The average molecular weight is 362 g/mol. The molecule has 3 rings (SSSR count). The highest BCUT2D eigenvalue weighted by atomic mass is 16.5. The van der Waals surface area contributed by atoms with E-state index in [0.29, 0.717) is 24.5 Å². The Bertz CT molecular complexity index is 651. The van der Waals surface area contributed by atoms with Gasteiger partial charge in [-0.25, -0.2) is 0 Å². The number of aliphatic hydroxyl groups is 1. The molecule has 2 fully saturated rings. The fraction of sp³-hybridized carbons (Fsp3) is 0.650. The first-order valence-electron chi connectivity index (χ1n) is 9.45. The van der Waals surface area contributed by atoms with Gasteiger partial charge in [0.2, 0.25) is 5.91 Å². The number of likely N-dealkylation sites (tertiary alicyclic amines) is 1. The normalized spacial score (nSPS) is 29.0. The van der Waals surface area contributed by atoms with E-state index in [-0.39, 0.29) is 17.9 Å². The molecule has 1 aromatic carbocycles. The quantitative estimate of drug-likeness (QED) is 0.811. The Kier molecular flexibility index (Phi) is 5.73. The molecule has 0 radical (unpaired) electrons. The predicted octanol–water partition coefficient (Wildman–Crippen LogP) is 2.25. The Hall–Kier alpha value is -1.79. The molecule has 0 unspecified atom stereocenters. The smallest absolute Gasteiger partial charge is 0.218 e. The first-order chi connectivity index (χ1) is 12.5. The van der Waals surface area contributed by atoms with Crippen molar-refractivity contribution >= 4 is 5.91 Å². The summed E-state index contributed by atoms with van der Waals surface area (Å²) in [4.78, 5) is 13.6. The molecule has 144 valence electrons. The van der Waals surface area contributed by atoms with Crippen LogP contribution >= 0.6 is 0 Å². The zero-order chi connectivity index (χ0) is 18.7. The van der Waals surface area contributed by atoms with Crippen molar-refractivity contribution < 1.29 is 19.4 Å². The maximum Gasteiger partial charge on any atom is 0.218 e. The van der Waals surface area contributed by atoms with Crippen molar-refractivity contribution in [2.45, 2.75) is 50.2 Å². The number of nitrogens with two attached hydrogens (primary N) is 1. The van der Waals surface area contributed by atoms with Crippen LogP contribution in [0.2, 0.25) is 0 Å². The molecule has 26 heavy (non-hydrogen) atoms. The van der Waals surface area contributed by atoms with Gasteiger partial charge in [-0.15, -0.1) is 0 Å². The fourth-order valence-electron chi connectivity index (χ4n) is 4.73. The number of rotatable bonds is 6. The van der Waals surface area contributed by atoms with Crippen molar-refractivity contribution in [2.24, 2.45) is 11.7 Å². The summed E-state index contributed by atoms with van der Waals surface area (Å²) >= 11 is 0. The Labute approximate surface area is 155 Å². The Morgan fingerprint density at radius 1 is 1.27 bits per heavy atom. The van der Waals surface area contributed by atoms with Gasteiger partial charge in [0.05, 0.1) is 19.8 Å². The monoisotopic (exact) mass is 362 g/mol. The lowest BCUT2D eigenvalue weighted by Gasteiger charge is -2.52. The molecule has 0 spiro atoms. The number of hydrogen-bond acceptors (Lipinski definition) is 5. The summed E-state index contributed by atoms with van der Waals surface area (Å²) in [6.45, 7) is 1.38. The van der Waals surface area contributed by atoms with Crippen molar-refractivity contribution in [1.82, 2.24) is 4.90 Å². The first-order valence-corrected chi connectivity index (χ1v) is 9.45. The molecule has 2 aliphatic rings. The van der Waals surface area contributed by atoms with Crippen LogP contribution < -0.4 is 15.2 Å². The fourth-order valence-corrected chi connectivity index (χ4v) is 4.73. The molecule has 1 amide bonds. The Morgan fingerprint density at radius 3 is 2.73 bits per heavy atom. The zero-order valence-corrected chi connectivity index (χ0v) is 15.7. The Morgan fingerprint density at radius 2 is 2.04 bits per heavy atom. The molecule has 1 aromatic rings. The van der Waals surface area contributed by atoms with Crippen LogP contribution in [-0.4, -0.2) is 48.8 Å². The summed E-state index contributed by atoms with van der Waals surface area (Å²) in [6, 6.07) is 6.01. The summed E-state index contributed by atoms with van der Waals surface area (Å²) in [6.07, 6.45) is 5.12. The van der Waals surface area contributed by atoms with Crippen molar-refractivity contribution in [2.75, 3.05) is 27.3 Å². The number of nitrogens with zero attached hydrogens (tertiary/aromatic N) is 1. The van der Waals surface area contributed by atoms with Crippen LogP contribution in [0, 0.1) is 5.92 Å². The molecule has 3 atom stereocenters. The highest BCUT2D eigenvalue weighted by molar-refractivity contribution is 5.73. The number of hydrogen-bond donors (Lipinski definition) is 2. The number of ether oxygens (including phenoxy) is 2. The van der Waals surface area contributed by atoms with Gasteiger partial charge in [0.25, 0.3) is 0 Å². The lowest BCUT2D eigenvalue weighted by molar-refractivity contribution is -0.128. The molecule has 1 saturated heterocycles. The van der Waals surface area contributed by atoms with E-state index in [1.54, 1.807) is 14.2 Å². The summed E-state index contributed by atoms with van der Waals surface area (Å²) in [5.41, 5.74) is 5.85. The summed E-state index contributed by atoms with van der Waals surface area (Å²) in [5.74, 6) is 1.23. The van der Waals surface area contributed by atoms with Gasteiger partial charge in [-0.1, -0.05) is 18.9 Å². The third kappa shape index (κ3) is 3.67. The minimum atomic E-state index is -0.626. The maximum absolute atomic E-state index is 11.3. The first kappa shape index (κ1) is 19.0. The second-order valence-corrected chi connectivity index (χ2v) is 7.52. The van der Waals surface area contributed by atoms with Gasteiger partial charge >= 0.3 is 0 Å². The number of carbonyl (C=O) groups is 1. The molecule has 1 aliphatic heterocycles. The molecule has 6 heteroatoms. The Balaban J connectivity index is 1.96.